The zero-order valence-corrected chi connectivity index (χ0v) is 11.1. The van der Waals surface area contributed by atoms with Crippen LogP contribution in [-0.2, 0) is 16.1 Å². The van der Waals surface area contributed by atoms with Crippen LogP contribution in [0.4, 0.5) is 4.39 Å². The number of nitrogens with zero attached hydrogens (tertiary/aromatic N) is 1. The number of ether oxygens (including phenoxy) is 1. The molecule has 0 aliphatic heterocycles. The Kier molecular flexibility index (Phi) is 4.84. The van der Waals surface area contributed by atoms with E-state index in [4.69, 9.17) is 10.00 Å². The Morgan fingerprint density at radius 1 is 1.14 bits per heavy atom. The molecule has 3 nitrogen and oxygen atoms in total. The summed E-state index contributed by atoms with van der Waals surface area (Å²) in [7, 11) is 0. The highest BCUT2D eigenvalue weighted by Crippen LogP contribution is 2.10. The van der Waals surface area contributed by atoms with Gasteiger partial charge in [0.15, 0.2) is 0 Å². The van der Waals surface area contributed by atoms with Gasteiger partial charge in [-0.2, -0.15) is 5.26 Å². The molecule has 0 aromatic heterocycles. The van der Waals surface area contributed by atoms with Crippen molar-refractivity contribution in [2.24, 2.45) is 0 Å². The predicted octanol–water partition coefficient (Wildman–Crippen LogP) is 3.48. The summed E-state index contributed by atoms with van der Waals surface area (Å²) in [6.07, 6.45) is 1.37. The summed E-state index contributed by atoms with van der Waals surface area (Å²) in [6, 6.07) is 16.5. The molecule has 104 valence electrons. The van der Waals surface area contributed by atoms with Crippen molar-refractivity contribution in [1.29, 1.82) is 5.26 Å². The van der Waals surface area contributed by atoms with Gasteiger partial charge in [-0.1, -0.05) is 42.5 Å². The topological polar surface area (TPSA) is 50.1 Å². The van der Waals surface area contributed by atoms with E-state index in [1.807, 2.05) is 30.3 Å². The van der Waals surface area contributed by atoms with Gasteiger partial charge >= 0.3 is 5.97 Å². The minimum atomic E-state index is -0.703. The maximum absolute atomic E-state index is 12.8. The van der Waals surface area contributed by atoms with Crippen molar-refractivity contribution < 1.29 is 13.9 Å². The van der Waals surface area contributed by atoms with Crippen molar-refractivity contribution in [2.75, 3.05) is 0 Å². The van der Waals surface area contributed by atoms with Crippen LogP contribution in [-0.4, -0.2) is 5.97 Å². The summed E-state index contributed by atoms with van der Waals surface area (Å²) in [4.78, 5) is 11.8. The van der Waals surface area contributed by atoms with E-state index in [2.05, 4.69) is 0 Å². The van der Waals surface area contributed by atoms with Crippen LogP contribution < -0.4 is 0 Å². The van der Waals surface area contributed by atoms with Crippen LogP contribution in [0.1, 0.15) is 11.1 Å². The molecule has 0 atom stereocenters. The van der Waals surface area contributed by atoms with Crippen LogP contribution in [0.2, 0.25) is 0 Å². The van der Waals surface area contributed by atoms with E-state index in [1.54, 1.807) is 6.07 Å². The second-order valence-electron chi connectivity index (χ2n) is 4.28. The van der Waals surface area contributed by atoms with Crippen molar-refractivity contribution in [3.05, 3.63) is 77.1 Å². The van der Waals surface area contributed by atoms with E-state index >= 15 is 0 Å². The van der Waals surface area contributed by atoms with Gasteiger partial charge in [-0.3, -0.25) is 0 Å². The van der Waals surface area contributed by atoms with E-state index in [1.165, 1.54) is 30.3 Å². The number of carbonyl (C=O) groups excluding carboxylic acids is 1. The molecular formula is C17H12FNO2. The fourth-order valence-corrected chi connectivity index (χ4v) is 1.66. The zero-order valence-electron chi connectivity index (χ0n) is 11.1. The largest absolute Gasteiger partial charge is 0.457 e. The molecule has 0 spiro atoms. The average molecular weight is 281 g/mol. The lowest BCUT2D eigenvalue weighted by atomic mass is 10.1. The van der Waals surface area contributed by atoms with Crippen LogP contribution in [0.5, 0.6) is 0 Å². The first-order valence-electron chi connectivity index (χ1n) is 6.27. The van der Waals surface area contributed by atoms with Gasteiger partial charge in [0.1, 0.15) is 24.1 Å². The number of rotatable bonds is 4. The fraction of sp³-hybridized carbons (Fsp3) is 0.0588. The predicted molar refractivity (Wildman–Crippen MR) is 76.2 cm³/mol. The Balaban J connectivity index is 2.05. The van der Waals surface area contributed by atoms with Gasteiger partial charge in [-0.15, -0.1) is 0 Å². The third-order valence-corrected chi connectivity index (χ3v) is 2.73. The number of carbonyl (C=O) groups is 1. The van der Waals surface area contributed by atoms with Gasteiger partial charge in [-0.25, -0.2) is 9.18 Å². The van der Waals surface area contributed by atoms with Crippen LogP contribution in [0, 0.1) is 17.1 Å². The molecule has 0 amide bonds. The van der Waals surface area contributed by atoms with E-state index in [9.17, 15) is 9.18 Å². The fourth-order valence-electron chi connectivity index (χ4n) is 1.66. The van der Waals surface area contributed by atoms with Crippen LogP contribution in [0.3, 0.4) is 0 Å². The van der Waals surface area contributed by atoms with Crippen molar-refractivity contribution in [2.45, 2.75) is 6.61 Å². The molecule has 0 fully saturated rings. The maximum atomic E-state index is 12.8. The summed E-state index contributed by atoms with van der Waals surface area (Å²) in [5.41, 5.74) is 1.27. The number of nitriles is 1. The lowest BCUT2D eigenvalue weighted by molar-refractivity contribution is -0.139. The van der Waals surface area contributed by atoms with Crippen LogP contribution in [0.25, 0.3) is 6.08 Å². The highest BCUT2D eigenvalue weighted by Gasteiger charge is 2.10. The van der Waals surface area contributed by atoms with Gasteiger partial charge in [0, 0.05) is 0 Å². The lowest BCUT2D eigenvalue weighted by Gasteiger charge is -2.04. The van der Waals surface area contributed by atoms with Gasteiger partial charge in [0.2, 0.25) is 0 Å². The summed E-state index contributed by atoms with van der Waals surface area (Å²) in [5, 5.41) is 9.02. The van der Waals surface area contributed by atoms with Crippen LogP contribution in [0.15, 0.2) is 60.2 Å². The molecule has 0 saturated heterocycles. The van der Waals surface area contributed by atoms with E-state index in [0.29, 0.717) is 5.56 Å². The molecule has 0 radical (unpaired) electrons. The molecule has 0 saturated carbocycles. The number of halogens is 1. The van der Waals surface area contributed by atoms with Gasteiger partial charge < -0.3 is 4.74 Å². The Morgan fingerprint density at radius 3 is 2.43 bits per heavy atom. The minimum Gasteiger partial charge on any atom is -0.457 e. The second-order valence-corrected chi connectivity index (χ2v) is 4.28. The zero-order chi connectivity index (χ0) is 15.1. The molecule has 0 bridgehead atoms. The number of esters is 1. The number of hydrogen-bond acceptors (Lipinski definition) is 3. The molecule has 4 heteroatoms. The molecule has 0 aliphatic rings. The standard InChI is InChI=1S/C17H12FNO2/c18-16-8-6-13(7-9-16)10-15(11-19)17(20)21-12-14-4-2-1-3-5-14/h1-10H,12H2. The smallest absolute Gasteiger partial charge is 0.349 e. The molecule has 2 rings (SSSR count). The van der Waals surface area contributed by atoms with E-state index in [0.717, 1.165) is 5.56 Å². The Labute approximate surface area is 121 Å². The highest BCUT2D eigenvalue weighted by atomic mass is 19.1. The molecular weight excluding hydrogens is 269 g/mol. The lowest BCUT2D eigenvalue weighted by Crippen LogP contribution is -2.06. The average Bonchev–Trinajstić information content (AvgIpc) is 2.53. The monoisotopic (exact) mass is 281 g/mol. The summed E-state index contributed by atoms with van der Waals surface area (Å²) in [5.74, 6) is -1.08. The third-order valence-electron chi connectivity index (χ3n) is 2.73. The normalized spacial score (nSPS) is 10.8. The van der Waals surface area contributed by atoms with Gasteiger partial charge in [-0.05, 0) is 29.3 Å². The molecule has 0 heterocycles. The Hall–Kier alpha value is -2.93. The second kappa shape index (κ2) is 7.01. The SMILES string of the molecule is N#CC(=Cc1ccc(F)cc1)C(=O)OCc1ccccc1. The summed E-state index contributed by atoms with van der Waals surface area (Å²) in [6.45, 7) is 0.0993. The van der Waals surface area contributed by atoms with Gasteiger partial charge in [0.05, 0.1) is 0 Å². The Morgan fingerprint density at radius 2 is 1.81 bits per heavy atom. The molecule has 0 aliphatic carbocycles. The van der Waals surface area contributed by atoms with Crippen LogP contribution >= 0.6 is 0 Å². The third kappa shape index (κ3) is 4.29. The molecule has 0 N–H and O–H groups in total. The molecule has 2 aromatic carbocycles. The number of benzene rings is 2. The summed E-state index contributed by atoms with van der Waals surface area (Å²) < 4.78 is 17.9. The van der Waals surface area contributed by atoms with Crippen molar-refractivity contribution in [3.63, 3.8) is 0 Å². The van der Waals surface area contributed by atoms with Gasteiger partial charge in [0.25, 0.3) is 0 Å². The first-order valence-corrected chi connectivity index (χ1v) is 6.27. The maximum Gasteiger partial charge on any atom is 0.349 e. The molecule has 2 aromatic rings. The van der Waals surface area contributed by atoms with Crippen molar-refractivity contribution >= 4 is 12.0 Å². The molecule has 0 unspecified atom stereocenters. The highest BCUT2D eigenvalue weighted by molar-refractivity contribution is 5.97. The minimum absolute atomic E-state index is 0.0993. The number of hydrogen-bond donors (Lipinski definition) is 0. The first kappa shape index (κ1) is 14.5. The van der Waals surface area contributed by atoms with E-state index in [-0.39, 0.29) is 18.0 Å². The van der Waals surface area contributed by atoms with Crippen molar-refractivity contribution in [3.8, 4) is 6.07 Å². The van der Waals surface area contributed by atoms with Crippen molar-refractivity contribution in [1.82, 2.24) is 0 Å². The first-order chi connectivity index (χ1) is 10.2. The Bertz CT molecular complexity index is 685. The quantitative estimate of drug-likeness (QED) is 0.490. The molecule has 21 heavy (non-hydrogen) atoms. The van der Waals surface area contributed by atoms with E-state index < -0.39 is 5.97 Å². The summed E-state index contributed by atoms with van der Waals surface area (Å²) >= 11 is 0.